The first kappa shape index (κ1) is 20.3. The maximum atomic E-state index is 13.6. The third-order valence-electron chi connectivity index (χ3n) is 6.31. The van der Waals surface area contributed by atoms with Gasteiger partial charge in [0.15, 0.2) is 11.5 Å². The molecule has 3 aliphatic heterocycles. The number of hydrogen-bond donors (Lipinski definition) is 0. The molecule has 0 radical (unpaired) electrons. The number of hydrogen-bond acceptors (Lipinski definition) is 5. The van der Waals surface area contributed by atoms with Crippen LogP contribution < -0.4 is 14.4 Å². The van der Waals surface area contributed by atoms with E-state index in [0.717, 1.165) is 42.5 Å². The maximum absolute atomic E-state index is 13.6. The summed E-state index contributed by atoms with van der Waals surface area (Å²) in [6.07, 6.45) is 3.18. The van der Waals surface area contributed by atoms with E-state index in [0.29, 0.717) is 42.7 Å². The summed E-state index contributed by atoms with van der Waals surface area (Å²) in [5.74, 6) is 1.35. The van der Waals surface area contributed by atoms with Gasteiger partial charge in [-0.15, -0.1) is 0 Å². The largest absolute Gasteiger partial charge is 0.486 e. The van der Waals surface area contributed by atoms with Gasteiger partial charge in [-0.2, -0.15) is 4.31 Å². The van der Waals surface area contributed by atoms with Gasteiger partial charge in [0, 0.05) is 25.7 Å². The molecule has 5 rings (SSSR count). The van der Waals surface area contributed by atoms with Crippen molar-refractivity contribution in [2.24, 2.45) is 0 Å². The molecule has 7 nitrogen and oxygen atoms in total. The molecule has 1 atom stereocenters. The van der Waals surface area contributed by atoms with Crippen LogP contribution in [0.3, 0.4) is 0 Å². The fraction of sp³-hybridized carbons (Fsp3) is 0.435. The lowest BCUT2D eigenvalue weighted by Gasteiger charge is -2.30. The van der Waals surface area contributed by atoms with Gasteiger partial charge in [0.1, 0.15) is 13.2 Å². The summed E-state index contributed by atoms with van der Waals surface area (Å²) < 4.78 is 40.1. The van der Waals surface area contributed by atoms with Gasteiger partial charge in [0.05, 0.1) is 10.9 Å². The van der Waals surface area contributed by atoms with E-state index in [1.54, 1.807) is 34.3 Å². The first-order valence-electron chi connectivity index (χ1n) is 10.8. The van der Waals surface area contributed by atoms with E-state index in [9.17, 15) is 13.2 Å². The molecule has 3 heterocycles. The van der Waals surface area contributed by atoms with E-state index in [1.165, 1.54) is 0 Å². The lowest BCUT2D eigenvalue weighted by atomic mass is 10.0. The molecule has 0 aliphatic carbocycles. The predicted molar refractivity (Wildman–Crippen MR) is 116 cm³/mol. The number of amides is 1. The minimum absolute atomic E-state index is 0.0187. The lowest BCUT2D eigenvalue weighted by molar-refractivity contribution is -0.116. The van der Waals surface area contributed by atoms with Crippen molar-refractivity contribution in [1.29, 1.82) is 0 Å². The SMILES string of the molecule is CC(=O)N1CCCc2cc(S(=O)(=O)N3CCCC3c3ccc4c(c3)OCCO4)ccc21. The molecule has 8 heteroatoms. The number of carbonyl (C=O) groups excluding carboxylic acids is 1. The van der Waals surface area contributed by atoms with E-state index in [2.05, 4.69) is 0 Å². The van der Waals surface area contributed by atoms with Gasteiger partial charge in [0.25, 0.3) is 0 Å². The van der Waals surface area contributed by atoms with Crippen molar-refractivity contribution in [3.63, 3.8) is 0 Å². The molecule has 31 heavy (non-hydrogen) atoms. The van der Waals surface area contributed by atoms with Gasteiger partial charge in [-0.3, -0.25) is 4.79 Å². The molecule has 0 bridgehead atoms. The molecule has 0 spiro atoms. The molecule has 0 saturated carbocycles. The van der Waals surface area contributed by atoms with Crippen LogP contribution >= 0.6 is 0 Å². The third kappa shape index (κ3) is 3.57. The number of fused-ring (bicyclic) bond motifs is 2. The van der Waals surface area contributed by atoms with Crippen molar-refractivity contribution < 1.29 is 22.7 Å². The average molecular weight is 443 g/mol. The normalized spacial score (nSPS) is 21.1. The van der Waals surface area contributed by atoms with E-state index < -0.39 is 10.0 Å². The molecular weight excluding hydrogens is 416 g/mol. The average Bonchev–Trinajstić information content (AvgIpc) is 3.29. The quantitative estimate of drug-likeness (QED) is 0.729. The molecule has 2 aromatic rings. The fourth-order valence-corrected chi connectivity index (χ4v) is 6.56. The Labute approximate surface area is 182 Å². The van der Waals surface area contributed by atoms with Crippen molar-refractivity contribution in [1.82, 2.24) is 4.31 Å². The van der Waals surface area contributed by atoms with E-state index in [1.807, 2.05) is 18.2 Å². The zero-order valence-electron chi connectivity index (χ0n) is 17.5. The zero-order valence-corrected chi connectivity index (χ0v) is 18.4. The Balaban J connectivity index is 1.47. The van der Waals surface area contributed by atoms with Gasteiger partial charge >= 0.3 is 0 Å². The number of rotatable bonds is 3. The highest BCUT2D eigenvalue weighted by atomic mass is 32.2. The summed E-state index contributed by atoms with van der Waals surface area (Å²) in [4.78, 5) is 14.0. The second-order valence-corrected chi connectivity index (χ2v) is 10.1. The second-order valence-electron chi connectivity index (χ2n) is 8.24. The summed E-state index contributed by atoms with van der Waals surface area (Å²) >= 11 is 0. The number of benzene rings is 2. The summed E-state index contributed by atoms with van der Waals surface area (Å²) in [5.41, 5.74) is 2.66. The van der Waals surface area contributed by atoms with Crippen LogP contribution in [0.4, 0.5) is 5.69 Å². The zero-order chi connectivity index (χ0) is 21.6. The van der Waals surface area contributed by atoms with Crippen molar-refractivity contribution in [3.8, 4) is 11.5 Å². The van der Waals surface area contributed by atoms with Gasteiger partial charge in [-0.1, -0.05) is 6.07 Å². The molecule has 3 aliphatic rings. The van der Waals surface area contributed by atoms with Crippen LogP contribution in [0.5, 0.6) is 11.5 Å². The standard InChI is InChI=1S/C23H26N2O5S/c1-16(26)24-10-2-4-17-14-19(7-8-20(17)24)31(27,28)25-11-3-5-21(25)18-6-9-22-23(15-18)30-13-12-29-22/h6-9,14-15,21H,2-5,10-13H2,1H3. The Bertz CT molecular complexity index is 1130. The number of aryl methyl sites for hydroxylation is 1. The molecular formula is C23H26N2O5S. The summed E-state index contributed by atoms with van der Waals surface area (Å²) in [7, 11) is -3.67. The Morgan fingerprint density at radius 1 is 1.00 bits per heavy atom. The number of ether oxygens (including phenoxy) is 2. The second kappa shape index (κ2) is 7.84. The number of sulfonamides is 1. The van der Waals surface area contributed by atoms with Gasteiger partial charge in [-0.25, -0.2) is 8.42 Å². The molecule has 1 amide bonds. The van der Waals surface area contributed by atoms with Crippen molar-refractivity contribution >= 4 is 21.6 Å². The maximum Gasteiger partial charge on any atom is 0.243 e. The van der Waals surface area contributed by atoms with Crippen LogP contribution in [0.15, 0.2) is 41.3 Å². The molecule has 0 N–H and O–H groups in total. The van der Waals surface area contributed by atoms with Crippen LogP contribution in [0.2, 0.25) is 0 Å². The Hall–Kier alpha value is -2.58. The highest BCUT2D eigenvalue weighted by Crippen LogP contribution is 2.41. The Kier molecular flexibility index (Phi) is 5.14. The Morgan fingerprint density at radius 2 is 1.81 bits per heavy atom. The predicted octanol–water partition coefficient (Wildman–Crippen LogP) is 3.28. The fourth-order valence-electron chi connectivity index (χ4n) is 4.82. The van der Waals surface area contributed by atoms with Crippen molar-refractivity contribution in [3.05, 3.63) is 47.5 Å². The Morgan fingerprint density at radius 3 is 2.61 bits per heavy atom. The molecule has 0 aromatic heterocycles. The first-order chi connectivity index (χ1) is 14.9. The molecule has 2 aromatic carbocycles. The molecule has 1 saturated heterocycles. The summed E-state index contributed by atoms with van der Waals surface area (Å²) in [5, 5.41) is 0. The van der Waals surface area contributed by atoms with E-state index in [4.69, 9.17) is 9.47 Å². The highest BCUT2D eigenvalue weighted by molar-refractivity contribution is 7.89. The van der Waals surface area contributed by atoms with Crippen LogP contribution in [-0.2, 0) is 21.2 Å². The topological polar surface area (TPSA) is 76.2 Å². The monoisotopic (exact) mass is 442 g/mol. The van der Waals surface area contributed by atoms with E-state index in [-0.39, 0.29) is 11.9 Å². The molecule has 164 valence electrons. The lowest BCUT2D eigenvalue weighted by Crippen LogP contribution is -2.34. The third-order valence-corrected chi connectivity index (χ3v) is 8.22. The molecule has 1 fully saturated rings. The van der Waals surface area contributed by atoms with Crippen LogP contribution in [0.25, 0.3) is 0 Å². The number of carbonyl (C=O) groups is 1. The first-order valence-corrected chi connectivity index (χ1v) is 12.2. The van der Waals surface area contributed by atoms with Gasteiger partial charge < -0.3 is 14.4 Å². The van der Waals surface area contributed by atoms with Crippen LogP contribution in [0.1, 0.15) is 43.4 Å². The van der Waals surface area contributed by atoms with E-state index >= 15 is 0 Å². The minimum atomic E-state index is -3.67. The number of nitrogens with zero attached hydrogens (tertiary/aromatic N) is 2. The highest BCUT2D eigenvalue weighted by Gasteiger charge is 2.37. The van der Waals surface area contributed by atoms with Crippen molar-refractivity contribution in [2.45, 2.75) is 43.5 Å². The smallest absolute Gasteiger partial charge is 0.243 e. The summed E-state index contributed by atoms with van der Waals surface area (Å²) in [6.45, 7) is 3.72. The van der Waals surface area contributed by atoms with Crippen LogP contribution in [0, 0.1) is 0 Å². The minimum Gasteiger partial charge on any atom is -0.486 e. The number of anilines is 1. The molecule has 1 unspecified atom stereocenters. The van der Waals surface area contributed by atoms with Gasteiger partial charge in [-0.05, 0) is 67.1 Å². The van der Waals surface area contributed by atoms with Crippen LogP contribution in [-0.4, -0.2) is 44.9 Å². The van der Waals surface area contributed by atoms with Gasteiger partial charge in [0.2, 0.25) is 15.9 Å². The van der Waals surface area contributed by atoms with Crippen molar-refractivity contribution in [2.75, 3.05) is 31.2 Å². The summed E-state index contributed by atoms with van der Waals surface area (Å²) in [6, 6.07) is 10.6.